The van der Waals surface area contributed by atoms with Crippen molar-refractivity contribution in [2.75, 3.05) is 18.4 Å². The number of nitrogens with zero attached hydrogens (tertiary/aromatic N) is 1. The first-order valence-corrected chi connectivity index (χ1v) is 5.66. The van der Waals surface area contributed by atoms with Crippen LogP contribution in [0.15, 0.2) is 22.6 Å². The van der Waals surface area contributed by atoms with Crippen molar-refractivity contribution in [1.29, 1.82) is 0 Å². The number of hydrogen-bond donors (Lipinski definition) is 2. The lowest BCUT2D eigenvalue weighted by Crippen LogP contribution is -2.21. The molecule has 4 heteroatoms. The summed E-state index contributed by atoms with van der Waals surface area (Å²) in [6.45, 7) is 4.01. The number of anilines is 1. The van der Waals surface area contributed by atoms with Gasteiger partial charge in [-0.15, -0.1) is 0 Å². The maximum absolute atomic E-state index is 5.44. The highest BCUT2D eigenvalue weighted by atomic mass is 16.3. The molecule has 2 N–H and O–H groups in total. The third-order valence-corrected chi connectivity index (χ3v) is 2.93. The van der Waals surface area contributed by atoms with Gasteiger partial charge in [0.15, 0.2) is 11.5 Å². The minimum Gasteiger partial charge on any atom is -0.441 e. The van der Waals surface area contributed by atoms with Gasteiger partial charge in [-0.2, -0.15) is 0 Å². The van der Waals surface area contributed by atoms with Crippen LogP contribution in [0.4, 0.5) is 5.69 Å². The highest BCUT2D eigenvalue weighted by Gasteiger charge is 2.14. The summed E-state index contributed by atoms with van der Waals surface area (Å²) in [7, 11) is 0. The highest BCUT2D eigenvalue weighted by molar-refractivity contribution is 5.77. The van der Waals surface area contributed by atoms with E-state index in [4.69, 9.17) is 4.42 Å². The molecule has 1 unspecified atom stereocenters. The van der Waals surface area contributed by atoms with E-state index in [2.05, 4.69) is 15.6 Å². The van der Waals surface area contributed by atoms with Crippen LogP contribution >= 0.6 is 0 Å². The van der Waals surface area contributed by atoms with Crippen molar-refractivity contribution in [3.63, 3.8) is 0 Å². The molecule has 0 amide bonds. The molecule has 1 aliphatic rings. The van der Waals surface area contributed by atoms with Crippen molar-refractivity contribution in [3.05, 3.63) is 24.1 Å². The molecular formula is C12H15N3O. The number of hydrogen-bond acceptors (Lipinski definition) is 4. The van der Waals surface area contributed by atoms with Crippen LogP contribution in [0, 0.1) is 6.92 Å². The molecular weight excluding hydrogens is 202 g/mol. The lowest BCUT2D eigenvalue weighted by molar-refractivity contribution is 0.561. The monoisotopic (exact) mass is 217 g/mol. The molecule has 0 spiro atoms. The number of nitrogens with one attached hydrogen (secondary N) is 2. The van der Waals surface area contributed by atoms with E-state index in [0.29, 0.717) is 6.04 Å². The van der Waals surface area contributed by atoms with E-state index < -0.39 is 0 Å². The quantitative estimate of drug-likeness (QED) is 0.806. The van der Waals surface area contributed by atoms with E-state index in [1.165, 1.54) is 6.42 Å². The van der Waals surface area contributed by atoms with Gasteiger partial charge in [0.05, 0.1) is 0 Å². The predicted octanol–water partition coefficient (Wildman–Crippen LogP) is 1.91. The second-order valence-electron chi connectivity index (χ2n) is 4.25. The molecule has 0 radical (unpaired) electrons. The summed E-state index contributed by atoms with van der Waals surface area (Å²) in [4.78, 5) is 4.33. The second-order valence-corrected chi connectivity index (χ2v) is 4.25. The lowest BCUT2D eigenvalue weighted by Gasteiger charge is -2.12. The first-order valence-electron chi connectivity index (χ1n) is 5.66. The SMILES string of the molecule is Cc1nc2cc(NC3CCNC3)ccc2o1. The molecule has 2 heterocycles. The van der Waals surface area contributed by atoms with Crippen LogP contribution in [0.5, 0.6) is 0 Å². The number of fused-ring (bicyclic) bond motifs is 1. The number of aromatic nitrogens is 1. The van der Waals surface area contributed by atoms with Crippen LogP contribution in [-0.2, 0) is 0 Å². The Labute approximate surface area is 94.0 Å². The number of aryl methyl sites for hydroxylation is 1. The van der Waals surface area contributed by atoms with Gasteiger partial charge in [0, 0.05) is 25.2 Å². The first kappa shape index (κ1) is 9.66. The van der Waals surface area contributed by atoms with Crippen LogP contribution in [0.3, 0.4) is 0 Å². The van der Waals surface area contributed by atoms with Gasteiger partial charge in [-0.3, -0.25) is 0 Å². The van der Waals surface area contributed by atoms with Gasteiger partial charge in [-0.1, -0.05) is 0 Å². The summed E-state index contributed by atoms with van der Waals surface area (Å²) < 4.78 is 5.44. The fraction of sp³-hybridized carbons (Fsp3) is 0.417. The van der Waals surface area contributed by atoms with Gasteiger partial charge in [-0.25, -0.2) is 4.98 Å². The number of oxazole rings is 1. The molecule has 1 saturated heterocycles. The molecule has 16 heavy (non-hydrogen) atoms. The molecule has 0 saturated carbocycles. The van der Waals surface area contributed by atoms with Crippen LogP contribution in [-0.4, -0.2) is 24.1 Å². The fourth-order valence-corrected chi connectivity index (χ4v) is 2.15. The maximum atomic E-state index is 5.44. The Morgan fingerprint density at radius 3 is 3.25 bits per heavy atom. The van der Waals surface area contributed by atoms with Crippen LogP contribution < -0.4 is 10.6 Å². The van der Waals surface area contributed by atoms with Crippen LogP contribution in [0.1, 0.15) is 12.3 Å². The van der Waals surface area contributed by atoms with Crippen molar-refractivity contribution in [2.45, 2.75) is 19.4 Å². The van der Waals surface area contributed by atoms with Crippen molar-refractivity contribution >= 4 is 16.8 Å². The Hall–Kier alpha value is -1.55. The van der Waals surface area contributed by atoms with Gasteiger partial charge < -0.3 is 15.1 Å². The summed E-state index contributed by atoms with van der Waals surface area (Å²) in [6, 6.07) is 6.60. The van der Waals surface area contributed by atoms with E-state index in [-0.39, 0.29) is 0 Å². The summed E-state index contributed by atoms with van der Waals surface area (Å²) in [5.74, 6) is 0.717. The average Bonchev–Trinajstić information content (AvgIpc) is 2.85. The van der Waals surface area contributed by atoms with Gasteiger partial charge in [-0.05, 0) is 31.2 Å². The molecule has 0 bridgehead atoms. The molecule has 1 aliphatic heterocycles. The maximum Gasteiger partial charge on any atom is 0.192 e. The number of benzene rings is 1. The summed E-state index contributed by atoms with van der Waals surface area (Å²) in [5.41, 5.74) is 2.90. The van der Waals surface area contributed by atoms with Crippen LogP contribution in [0.25, 0.3) is 11.1 Å². The molecule has 1 aromatic heterocycles. The Bertz CT molecular complexity index is 500. The van der Waals surface area contributed by atoms with Gasteiger partial charge in [0.2, 0.25) is 0 Å². The minimum absolute atomic E-state index is 0.533. The topological polar surface area (TPSA) is 50.1 Å². The molecule has 0 aliphatic carbocycles. The van der Waals surface area contributed by atoms with E-state index in [0.717, 1.165) is 35.8 Å². The zero-order valence-electron chi connectivity index (χ0n) is 9.29. The van der Waals surface area contributed by atoms with Gasteiger partial charge >= 0.3 is 0 Å². The minimum atomic E-state index is 0.533. The zero-order valence-corrected chi connectivity index (χ0v) is 9.29. The fourth-order valence-electron chi connectivity index (χ4n) is 2.15. The van der Waals surface area contributed by atoms with Crippen molar-refractivity contribution in [1.82, 2.24) is 10.3 Å². The predicted molar refractivity (Wildman–Crippen MR) is 63.6 cm³/mol. The van der Waals surface area contributed by atoms with E-state index in [9.17, 15) is 0 Å². The van der Waals surface area contributed by atoms with Gasteiger partial charge in [0.25, 0.3) is 0 Å². The molecule has 1 aromatic carbocycles. The van der Waals surface area contributed by atoms with Crippen LogP contribution in [0.2, 0.25) is 0 Å². The Kier molecular flexibility index (Phi) is 2.29. The second kappa shape index (κ2) is 3.79. The van der Waals surface area contributed by atoms with E-state index in [1.54, 1.807) is 0 Å². The first-order chi connectivity index (χ1) is 7.81. The molecule has 4 nitrogen and oxygen atoms in total. The molecule has 3 rings (SSSR count). The zero-order chi connectivity index (χ0) is 11.0. The molecule has 1 fully saturated rings. The normalized spacial score (nSPS) is 20.4. The largest absolute Gasteiger partial charge is 0.441 e. The highest BCUT2D eigenvalue weighted by Crippen LogP contribution is 2.20. The Balaban J connectivity index is 1.86. The lowest BCUT2D eigenvalue weighted by atomic mass is 10.2. The van der Waals surface area contributed by atoms with Crippen molar-refractivity contribution in [2.24, 2.45) is 0 Å². The third-order valence-electron chi connectivity index (χ3n) is 2.93. The summed E-state index contributed by atoms with van der Waals surface area (Å²) in [5, 5.41) is 6.84. The molecule has 2 aromatic rings. The molecule has 84 valence electrons. The van der Waals surface area contributed by atoms with E-state index in [1.807, 2.05) is 25.1 Å². The van der Waals surface area contributed by atoms with E-state index >= 15 is 0 Å². The third kappa shape index (κ3) is 1.76. The summed E-state index contributed by atoms with van der Waals surface area (Å²) in [6.07, 6.45) is 1.18. The summed E-state index contributed by atoms with van der Waals surface area (Å²) >= 11 is 0. The molecule has 1 atom stereocenters. The van der Waals surface area contributed by atoms with Crippen molar-refractivity contribution < 1.29 is 4.42 Å². The standard InChI is InChI=1S/C12H15N3O/c1-8-14-11-6-9(2-3-12(11)16-8)15-10-4-5-13-7-10/h2-3,6,10,13,15H,4-5,7H2,1H3. The number of rotatable bonds is 2. The van der Waals surface area contributed by atoms with Crippen molar-refractivity contribution in [3.8, 4) is 0 Å². The Morgan fingerprint density at radius 2 is 2.44 bits per heavy atom. The smallest absolute Gasteiger partial charge is 0.192 e. The average molecular weight is 217 g/mol. The Morgan fingerprint density at radius 1 is 1.50 bits per heavy atom. The van der Waals surface area contributed by atoms with Gasteiger partial charge in [0.1, 0.15) is 5.52 Å².